The highest BCUT2D eigenvalue weighted by atomic mass is 127. The Morgan fingerprint density at radius 1 is 1.44 bits per heavy atom. The number of carbonyl (C=O) groups is 1. The van der Waals surface area contributed by atoms with E-state index < -0.39 is 0 Å². The molecule has 0 spiro atoms. The fraction of sp³-hybridized carbons (Fsp3) is 0.556. The lowest BCUT2D eigenvalue weighted by Crippen LogP contribution is -2.41. The molecular weight excluding hydrogens is 431 g/mol. The number of hydrogen-bond acceptors (Lipinski definition) is 3. The molecule has 0 radical (unpaired) electrons. The number of carbonyl (C=O) groups excluding carboxylic acids is 1. The van der Waals surface area contributed by atoms with E-state index in [2.05, 4.69) is 22.4 Å². The third-order valence-electron chi connectivity index (χ3n) is 4.14. The molecule has 1 aliphatic rings. The lowest BCUT2D eigenvalue weighted by Gasteiger charge is -2.16. The zero-order chi connectivity index (χ0) is 17.4. The monoisotopic (exact) mass is 460 g/mol. The summed E-state index contributed by atoms with van der Waals surface area (Å²) in [5.41, 5.74) is 7.13. The molecule has 1 aromatic carbocycles. The van der Waals surface area contributed by atoms with Crippen LogP contribution < -0.4 is 11.1 Å². The number of nitrogens with zero attached hydrogens (tertiary/aromatic N) is 2. The van der Waals surface area contributed by atoms with E-state index in [1.807, 2.05) is 30.0 Å². The van der Waals surface area contributed by atoms with Crippen molar-refractivity contribution in [1.82, 2.24) is 10.2 Å². The molecule has 6 nitrogen and oxygen atoms in total. The second kappa shape index (κ2) is 11.3. The van der Waals surface area contributed by atoms with E-state index in [9.17, 15) is 4.79 Å². The molecule has 1 aliphatic heterocycles. The van der Waals surface area contributed by atoms with Gasteiger partial charge < -0.3 is 20.7 Å². The fourth-order valence-electron chi connectivity index (χ4n) is 2.92. The summed E-state index contributed by atoms with van der Waals surface area (Å²) < 4.78 is 5.05. The first kappa shape index (κ1) is 21.7. The van der Waals surface area contributed by atoms with Crippen LogP contribution in [0, 0.1) is 5.92 Å². The Morgan fingerprint density at radius 3 is 2.84 bits per heavy atom. The Morgan fingerprint density at radius 2 is 2.16 bits per heavy atom. The number of nitrogens with one attached hydrogen (secondary N) is 1. The van der Waals surface area contributed by atoms with Crippen LogP contribution in [0.1, 0.15) is 18.9 Å². The SMILES string of the molecule is COCC(C)NC(N)=NCC1CC(=O)N(CCc2ccccc2)C1.I. The number of likely N-dealkylation sites (tertiary alicyclic amines) is 1. The van der Waals surface area contributed by atoms with Crippen LogP contribution in [0.3, 0.4) is 0 Å². The Balaban J connectivity index is 0.00000312. The van der Waals surface area contributed by atoms with Gasteiger partial charge in [0.05, 0.1) is 6.61 Å². The lowest BCUT2D eigenvalue weighted by molar-refractivity contribution is -0.127. The summed E-state index contributed by atoms with van der Waals surface area (Å²) in [7, 11) is 1.65. The number of methoxy groups -OCH3 is 1. The van der Waals surface area contributed by atoms with Crippen molar-refractivity contribution in [2.45, 2.75) is 25.8 Å². The van der Waals surface area contributed by atoms with Gasteiger partial charge in [0.2, 0.25) is 5.91 Å². The molecule has 1 aromatic rings. The highest BCUT2D eigenvalue weighted by Gasteiger charge is 2.28. The van der Waals surface area contributed by atoms with Gasteiger partial charge in [0, 0.05) is 45.1 Å². The van der Waals surface area contributed by atoms with Crippen molar-refractivity contribution in [3.8, 4) is 0 Å². The average Bonchev–Trinajstić information content (AvgIpc) is 2.92. The molecule has 2 unspecified atom stereocenters. The van der Waals surface area contributed by atoms with Crippen LogP contribution in [0.2, 0.25) is 0 Å². The molecule has 7 heteroatoms. The molecule has 0 bridgehead atoms. The number of aliphatic imine (C=N–C) groups is 1. The van der Waals surface area contributed by atoms with Gasteiger partial charge in [-0.1, -0.05) is 30.3 Å². The minimum atomic E-state index is 0. The molecule has 2 rings (SSSR count). The summed E-state index contributed by atoms with van der Waals surface area (Å²) in [6.07, 6.45) is 1.44. The normalized spacial score (nSPS) is 18.8. The van der Waals surface area contributed by atoms with E-state index in [1.54, 1.807) is 7.11 Å². The first-order valence-corrected chi connectivity index (χ1v) is 8.45. The van der Waals surface area contributed by atoms with E-state index >= 15 is 0 Å². The first-order valence-electron chi connectivity index (χ1n) is 8.45. The van der Waals surface area contributed by atoms with Crippen molar-refractivity contribution in [3.05, 3.63) is 35.9 Å². The topological polar surface area (TPSA) is 80.0 Å². The molecule has 0 saturated carbocycles. The highest BCUT2D eigenvalue weighted by molar-refractivity contribution is 14.0. The van der Waals surface area contributed by atoms with Crippen LogP contribution in [0.5, 0.6) is 0 Å². The van der Waals surface area contributed by atoms with Crippen molar-refractivity contribution in [1.29, 1.82) is 0 Å². The number of hydrogen-bond donors (Lipinski definition) is 2. The highest BCUT2D eigenvalue weighted by Crippen LogP contribution is 2.18. The van der Waals surface area contributed by atoms with Crippen LogP contribution in [0.25, 0.3) is 0 Å². The molecule has 3 N–H and O–H groups in total. The van der Waals surface area contributed by atoms with Gasteiger partial charge in [-0.2, -0.15) is 0 Å². The third kappa shape index (κ3) is 7.60. The summed E-state index contributed by atoms with van der Waals surface area (Å²) >= 11 is 0. The van der Waals surface area contributed by atoms with E-state index in [0.717, 1.165) is 19.5 Å². The second-order valence-corrected chi connectivity index (χ2v) is 6.37. The molecule has 1 fully saturated rings. The van der Waals surface area contributed by atoms with Crippen molar-refractivity contribution in [2.24, 2.45) is 16.6 Å². The molecule has 1 amide bonds. The van der Waals surface area contributed by atoms with Crippen molar-refractivity contribution in [2.75, 3.05) is 33.4 Å². The van der Waals surface area contributed by atoms with Crippen molar-refractivity contribution < 1.29 is 9.53 Å². The van der Waals surface area contributed by atoms with Gasteiger partial charge in [-0.05, 0) is 18.9 Å². The van der Waals surface area contributed by atoms with Crippen molar-refractivity contribution in [3.63, 3.8) is 0 Å². The van der Waals surface area contributed by atoms with Gasteiger partial charge in [-0.15, -0.1) is 24.0 Å². The lowest BCUT2D eigenvalue weighted by atomic mass is 10.1. The van der Waals surface area contributed by atoms with E-state index in [4.69, 9.17) is 10.5 Å². The van der Waals surface area contributed by atoms with E-state index in [0.29, 0.717) is 25.5 Å². The predicted octanol–water partition coefficient (Wildman–Crippen LogP) is 1.63. The van der Waals surface area contributed by atoms with Gasteiger partial charge in [-0.3, -0.25) is 9.79 Å². The van der Waals surface area contributed by atoms with E-state index in [-0.39, 0.29) is 41.8 Å². The molecule has 2 atom stereocenters. The zero-order valence-corrected chi connectivity index (χ0v) is 17.3. The smallest absolute Gasteiger partial charge is 0.223 e. The molecule has 1 heterocycles. The second-order valence-electron chi connectivity index (χ2n) is 6.37. The summed E-state index contributed by atoms with van der Waals surface area (Å²) in [5, 5.41) is 3.08. The summed E-state index contributed by atoms with van der Waals surface area (Å²) in [6, 6.07) is 10.4. The molecular formula is C18H29IN4O2. The third-order valence-corrected chi connectivity index (χ3v) is 4.14. The maximum Gasteiger partial charge on any atom is 0.223 e. The summed E-state index contributed by atoms with van der Waals surface area (Å²) in [4.78, 5) is 18.4. The van der Waals surface area contributed by atoms with Gasteiger partial charge in [0.25, 0.3) is 0 Å². The molecule has 0 aliphatic carbocycles. The first-order chi connectivity index (χ1) is 11.6. The maximum atomic E-state index is 12.1. The van der Waals surface area contributed by atoms with Gasteiger partial charge in [-0.25, -0.2) is 0 Å². The minimum absolute atomic E-state index is 0. The number of rotatable bonds is 8. The zero-order valence-electron chi connectivity index (χ0n) is 15.0. The summed E-state index contributed by atoms with van der Waals surface area (Å²) in [5.74, 6) is 0.867. The minimum Gasteiger partial charge on any atom is -0.383 e. The average molecular weight is 460 g/mol. The number of benzene rings is 1. The molecule has 1 saturated heterocycles. The number of guanidine groups is 1. The standard InChI is InChI=1S/C18H28N4O2.HI/c1-14(13-24-2)21-18(19)20-11-16-10-17(23)22(12-16)9-8-15-6-4-3-5-7-15;/h3-7,14,16H,8-13H2,1-2H3,(H3,19,20,21);1H. The van der Waals surface area contributed by atoms with Crippen LogP contribution in [-0.4, -0.2) is 56.2 Å². The number of halogens is 1. The number of amides is 1. The predicted molar refractivity (Wildman–Crippen MR) is 111 cm³/mol. The Kier molecular flexibility index (Phi) is 9.81. The fourth-order valence-corrected chi connectivity index (χ4v) is 2.92. The van der Waals surface area contributed by atoms with Gasteiger partial charge >= 0.3 is 0 Å². The Hall–Kier alpha value is -1.35. The Labute approximate surface area is 167 Å². The van der Waals surface area contributed by atoms with E-state index in [1.165, 1.54) is 5.56 Å². The van der Waals surface area contributed by atoms with Gasteiger partial charge in [0.15, 0.2) is 5.96 Å². The van der Waals surface area contributed by atoms with Crippen molar-refractivity contribution >= 4 is 35.8 Å². The van der Waals surface area contributed by atoms with Gasteiger partial charge in [0.1, 0.15) is 0 Å². The molecule has 25 heavy (non-hydrogen) atoms. The van der Waals surface area contributed by atoms with Crippen LogP contribution in [-0.2, 0) is 16.0 Å². The molecule has 0 aromatic heterocycles. The quantitative estimate of drug-likeness (QED) is 0.351. The maximum absolute atomic E-state index is 12.1. The largest absolute Gasteiger partial charge is 0.383 e. The van der Waals surface area contributed by atoms with Crippen LogP contribution in [0.15, 0.2) is 35.3 Å². The van der Waals surface area contributed by atoms with Crippen LogP contribution >= 0.6 is 24.0 Å². The number of ether oxygens (including phenoxy) is 1. The summed E-state index contributed by atoms with van der Waals surface area (Å²) in [6.45, 7) is 4.66. The Bertz CT molecular complexity index is 553. The van der Waals surface area contributed by atoms with Crippen LogP contribution in [0.4, 0.5) is 0 Å². The number of nitrogens with two attached hydrogens (primary N) is 1. The molecule has 140 valence electrons.